The largest absolute Gasteiger partial charge is 0.487 e. The van der Waals surface area contributed by atoms with Gasteiger partial charge in [-0.2, -0.15) is 4.98 Å². The Kier molecular flexibility index (Phi) is 8.65. The van der Waals surface area contributed by atoms with Crippen LogP contribution in [-0.4, -0.2) is 54.1 Å². The van der Waals surface area contributed by atoms with E-state index in [-0.39, 0.29) is 24.0 Å². The molecule has 0 fully saturated rings. The fourth-order valence-electron chi connectivity index (χ4n) is 2.64. The van der Waals surface area contributed by atoms with Crippen molar-refractivity contribution in [1.29, 1.82) is 0 Å². The number of hydrogen-bond acceptors (Lipinski definition) is 7. The maximum atomic E-state index is 9.08. The number of nitrogens with zero attached hydrogens (tertiary/aromatic N) is 2. The number of aliphatic hydroxyl groups excluding tert-OH is 1. The predicted molar refractivity (Wildman–Crippen MR) is 116 cm³/mol. The van der Waals surface area contributed by atoms with Gasteiger partial charge in [0.25, 0.3) is 0 Å². The molecule has 3 rings (SSSR count). The van der Waals surface area contributed by atoms with Crippen molar-refractivity contribution in [2.24, 2.45) is 0 Å². The van der Waals surface area contributed by atoms with Crippen LogP contribution in [0.3, 0.4) is 0 Å². The number of hydrogen-bond donors (Lipinski definition) is 2. The zero-order valence-electron chi connectivity index (χ0n) is 16.3. The van der Waals surface area contributed by atoms with Crippen LogP contribution in [0, 0.1) is 12.3 Å². The number of nitrogens with one attached hydrogen (secondary N) is 1. The van der Waals surface area contributed by atoms with Crippen LogP contribution in [-0.2, 0) is 4.74 Å². The number of aliphatic hydroxyl groups is 1. The molecular weight excluding hydrogens is 410 g/mol. The molecule has 0 aliphatic carbocycles. The van der Waals surface area contributed by atoms with Crippen molar-refractivity contribution in [3.05, 3.63) is 47.2 Å². The summed E-state index contributed by atoms with van der Waals surface area (Å²) in [6.07, 6.45) is 5.48. The van der Waals surface area contributed by atoms with Crippen molar-refractivity contribution in [1.82, 2.24) is 9.97 Å². The van der Waals surface area contributed by atoms with Gasteiger partial charge >= 0.3 is 0 Å². The average Bonchev–Trinajstić information content (AvgIpc) is 2.72. The molecule has 0 unspecified atom stereocenters. The number of benzene rings is 2. The summed E-state index contributed by atoms with van der Waals surface area (Å²) in [7, 11) is 1.59. The van der Waals surface area contributed by atoms with E-state index in [1.807, 2.05) is 24.3 Å². The third kappa shape index (κ3) is 5.72. The standard InChI is InChI=1S/C21H20ClN3O4.H2O/c1-3-14-5-4-6-15(11-14)23-20-16-12-18(29-10-9-27-2)19(28-8-7-26)13-17(16)24-21(22)25-20;/h1,4-6,11-13,26H,7-10H2,2H3,(H,23,24,25);1H2. The minimum Gasteiger partial charge on any atom is -0.487 e. The van der Waals surface area contributed by atoms with Crippen molar-refractivity contribution in [3.63, 3.8) is 0 Å². The van der Waals surface area contributed by atoms with Crippen LogP contribution in [0.15, 0.2) is 36.4 Å². The lowest BCUT2D eigenvalue weighted by molar-refractivity contribution is 0.141. The smallest absolute Gasteiger partial charge is 0.224 e. The highest BCUT2D eigenvalue weighted by atomic mass is 35.5. The lowest BCUT2D eigenvalue weighted by atomic mass is 10.2. The van der Waals surface area contributed by atoms with Crippen molar-refractivity contribution in [3.8, 4) is 23.8 Å². The van der Waals surface area contributed by atoms with E-state index in [1.165, 1.54) is 0 Å². The van der Waals surface area contributed by atoms with Gasteiger partial charge in [-0.25, -0.2) is 4.98 Å². The predicted octanol–water partition coefficient (Wildman–Crippen LogP) is 2.58. The first-order valence-electron chi connectivity index (χ1n) is 8.85. The Labute approximate surface area is 179 Å². The van der Waals surface area contributed by atoms with E-state index in [0.717, 1.165) is 11.3 Å². The van der Waals surface area contributed by atoms with Crippen molar-refractivity contribution in [2.45, 2.75) is 0 Å². The lowest BCUT2D eigenvalue weighted by Gasteiger charge is -2.15. The van der Waals surface area contributed by atoms with Gasteiger partial charge in [0.2, 0.25) is 5.28 Å². The van der Waals surface area contributed by atoms with E-state index < -0.39 is 0 Å². The monoisotopic (exact) mass is 431 g/mol. The summed E-state index contributed by atoms with van der Waals surface area (Å²) in [5.74, 6) is 4.02. The molecule has 0 saturated carbocycles. The molecule has 0 radical (unpaired) electrons. The van der Waals surface area contributed by atoms with Crippen LogP contribution in [0.2, 0.25) is 5.28 Å². The van der Waals surface area contributed by atoms with Crippen LogP contribution in [0.25, 0.3) is 10.9 Å². The normalized spacial score (nSPS) is 10.2. The molecule has 0 aliphatic heterocycles. The zero-order chi connectivity index (χ0) is 20.6. The van der Waals surface area contributed by atoms with Gasteiger partial charge in [-0.1, -0.05) is 12.0 Å². The number of fused-ring (bicyclic) bond motifs is 1. The maximum absolute atomic E-state index is 9.08. The molecule has 3 aromatic rings. The van der Waals surface area contributed by atoms with E-state index in [4.69, 9.17) is 37.3 Å². The molecule has 0 amide bonds. The number of rotatable bonds is 9. The Morgan fingerprint density at radius 3 is 2.60 bits per heavy atom. The molecule has 0 spiro atoms. The molecule has 0 saturated heterocycles. The summed E-state index contributed by atoms with van der Waals surface area (Å²) < 4.78 is 16.4. The summed E-state index contributed by atoms with van der Waals surface area (Å²) in [5.41, 5.74) is 2.06. The molecule has 2 aromatic carbocycles. The highest BCUT2D eigenvalue weighted by Gasteiger charge is 2.14. The van der Waals surface area contributed by atoms with Crippen LogP contribution in [0.5, 0.6) is 11.5 Å². The van der Waals surface area contributed by atoms with Gasteiger partial charge in [-0.15, -0.1) is 6.42 Å². The van der Waals surface area contributed by atoms with Crippen LogP contribution in [0.4, 0.5) is 11.5 Å². The first-order chi connectivity index (χ1) is 14.1. The Morgan fingerprint density at radius 1 is 1.10 bits per heavy atom. The second kappa shape index (κ2) is 11.2. The Morgan fingerprint density at radius 2 is 1.87 bits per heavy atom. The van der Waals surface area contributed by atoms with Gasteiger partial charge in [0.1, 0.15) is 19.0 Å². The van der Waals surface area contributed by atoms with E-state index >= 15 is 0 Å². The molecule has 8 nitrogen and oxygen atoms in total. The third-order valence-electron chi connectivity index (χ3n) is 3.92. The highest BCUT2D eigenvalue weighted by molar-refractivity contribution is 6.28. The molecule has 0 bridgehead atoms. The average molecular weight is 432 g/mol. The summed E-state index contributed by atoms with van der Waals surface area (Å²) >= 11 is 6.12. The summed E-state index contributed by atoms with van der Waals surface area (Å²) in [5, 5.41) is 13.1. The molecule has 0 aliphatic rings. The lowest BCUT2D eigenvalue weighted by Crippen LogP contribution is -2.08. The van der Waals surface area contributed by atoms with Gasteiger partial charge in [-0.3, -0.25) is 0 Å². The maximum Gasteiger partial charge on any atom is 0.224 e. The number of halogens is 1. The Balaban J connectivity index is 0.00000320. The number of anilines is 2. The van der Waals surface area contributed by atoms with Crippen molar-refractivity contribution < 1.29 is 24.8 Å². The number of aromatic nitrogens is 2. The molecule has 9 heteroatoms. The second-order valence-corrected chi connectivity index (χ2v) is 6.26. The Bertz CT molecular complexity index is 1040. The van der Waals surface area contributed by atoms with Gasteiger partial charge in [0.05, 0.1) is 18.7 Å². The third-order valence-corrected chi connectivity index (χ3v) is 4.09. The minimum atomic E-state index is -0.127. The van der Waals surface area contributed by atoms with Crippen LogP contribution < -0.4 is 14.8 Å². The molecule has 1 aromatic heterocycles. The number of methoxy groups -OCH3 is 1. The zero-order valence-corrected chi connectivity index (χ0v) is 17.1. The van der Waals surface area contributed by atoms with E-state index in [1.54, 1.807) is 19.2 Å². The topological polar surface area (TPSA) is 117 Å². The van der Waals surface area contributed by atoms with Crippen LogP contribution >= 0.6 is 11.6 Å². The quantitative estimate of drug-likeness (QED) is 0.303. The number of terminal acetylenes is 1. The number of ether oxygens (including phenoxy) is 3. The van der Waals surface area contributed by atoms with E-state index in [2.05, 4.69) is 21.2 Å². The molecule has 4 N–H and O–H groups in total. The summed E-state index contributed by atoms with van der Waals surface area (Å²) in [6, 6.07) is 10.9. The van der Waals surface area contributed by atoms with Gasteiger partial charge < -0.3 is 30.1 Å². The molecule has 158 valence electrons. The van der Waals surface area contributed by atoms with E-state index in [9.17, 15) is 0 Å². The molecule has 0 atom stereocenters. The highest BCUT2D eigenvalue weighted by Crippen LogP contribution is 2.36. The Hall–Kier alpha value is -3.09. The van der Waals surface area contributed by atoms with Gasteiger partial charge in [0, 0.05) is 29.8 Å². The van der Waals surface area contributed by atoms with Crippen molar-refractivity contribution in [2.75, 3.05) is 38.9 Å². The molecular formula is C21H22ClN3O5. The SMILES string of the molecule is C#Cc1cccc(Nc2nc(Cl)nc3cc(OCCO)c(OCCOC)cc23)c1.O. The second-order valence-electron chi connectivity index (χ2n) is 5.92. The fraction of sp³-hybridized carbons (Fsp3) is 0.238. The van der Waals surface area contributed by atoms with Crippen LogP contribution in [0.1, 0.15) is 5.56 Å². The van der Waals surface area contributed by atoms with E-state index in [0.29, 0.717) is 41.4 Å². The first-order valence-corrected chi connectivity index (χ1v) is 9.22. The first kappa shape index (κ1) is 23.2. The summed E-state index contributed by atoms with van der Waals surface area (Å²) in [6.45, 7) is 0.741. The van der Waals surface area contributed by atoms with Crippen molar-refractivity contribution >= 4 is 34.0 Å². The fourth-order valence-corrected chi connectivity index (χ4v) is 2.82. The van der Waals surface area contributed by atoms with Gasteiger partial charge in [0.15, 0.2) is 11.5 Å². The molecule has 30 heavy (non-hydrogen) atoms. The minimum absolute atomic E-state index is 0. The van der Waals surface area contributed by atoms with Gasteiger partial charge in [-0.05, 0) is 35.9 Å². The molecule has 1 heterocycles. The summed E-state index contributed by atoms with van der Waals surface area (Å²) in [4.78, 5) is 8.59.